The summed E-state index contributed by atoms with van der Waals surface area (Å²) in [5.74, 6) is -1.06. The Kier molecular flexibility index (Phi) is 3.93. The van der Waals surface area contributed by atoms with Gasteiger partial charge in [-0.1, -0.05) is 47.7 Å². The minimum atomic E-state index is -1.06. The Morgan fingerprint density at radius 2 is 1.83 bits per heavy atom. The minimum Gasteiger partial charge on any atom is -0.476 e. The third-order valence-electron chi connectivity index (χ3n) is 3.98. The van der Waals surface area contributed by atoms with Crippen molar-refractivity contribution in [3.8, 4) is 5.69 Å². The molecule has 2 aromatic carbocycles. The van der Waals surface area contributed by atoms with Crippen molar-refractivity contribution >= 4 is 5.97 Å². The fourth-order valence-electron chi connectivity index (χ4n) is 2.57. The molecule has 5 nitrogen and oxygen atoms in total. The number of carbonyl (C=O) groups is 1. The van der Waals surface area contributed by atoms with Crippen molar-refractivity contribution in [2.75, 3.05) is 0 Å². The highest BCUT2D eigenvalue weighted by Gasteiger charge is 2.21. The number of benzene rings is 2. The van der Waals surface area contributed by atoms with E-state index in [0.29, 0.717) is 12.1 Å². The van der Waals surface area contributed by atoms with E-state index in [1.54, 1.807) is 4.68 Å². The molecule has 1 aromatic heterocycles. The van der Waals surface area contributed by atoms with Crippen LogP contribution in [0.15, 0.2) is 48.5 Å². The predicted molar refractivity (Wildman–Crippen MR) is 87.0 cm³/mol. The molecule has 3 aromatic rings. The molecule has 0 radical (unpaired) electrons. The van der Waals surface area contributed by atoms with Crippen LogP contribution in [0.4, 0.5) is 0 Å². The summed E-state index contributed by atoms with van der Waals surface area (Å²) in [5, 5.41) is 17.4. The highest BCUT2D eigenvalue weighted by molar-refractivity contribution is 5.86. The van der Waals surface area contributed by atoms with Crippen molar-refractivity contribution < 1.29 is 9.90 Å². The van der Waals surface area contributed by atoms with Gasteiger partial charge in [-0.2, -0.15) is 0 Å². The number of carboxylic acid groups (broad SMARTS) is 1. The summed E-state index contributed by atoms with van der Waals surface area (Å²) in [6.07, 6.45) is 0.461. The molecule has 0 fully saturated rings. The standard InChI is InChI=1S/C18H17N3O2/c1-12-7-6-10-15(13(12)2)21-16(17(18(22)23)19-20-21)11-14-8-4-3-5-9-14/h3-10H,11H2,1-2H3,(H,22,23). The Labute approximate surface area is 134 Å². The number of hydrogen-bond acceptors (Lipinski definition) is 3. The molecular weight excluding hydrogens is 290 g/mol. The summed E-state index contributed by atoms with van der Waals surface area (Å²) in [4.78, 5) is 11.5. The van der Waals surface area contributed by atoms with Crippen LogP contribution in [0.25, 0.3) is 5.69 Å². The third kappa shape index (κ3) is 2.85. The van der Waals surface area contributed by atoms with Gasteiger partial charge in [0.2, 0.25) is 0 Å². The molecule has 3 rings (SSSR count). The van der Waals surface area contributed by atoms with Crippen LogP contribution in [-0.2, 0) is 6.42 Å². The van der Waals surface area contributed by atoms with Gasteiger partial charge in [0.25, 0.3) is 0 Å². The monoisotopic (exact) mass is 307 g/mol. The Hall–Kier alpha value is -2.95. The van der Waals surface area contributed by atoms with Crippen molar-refractivity contribution in [1.29, 1.82) is 0 Å². The van der Waals surface area contributed by atoms with Gasteiger partial charge in [0.05, 0.1) is 11.4 Å². The molecule has 0 unspecified atom stereocenters. The maximum Gasteiger partial charge on any atom is 0.358 e. The van der Waals surface area contributed by atoms with Gasteiger partial charge in [0.1, 0.15) is 0 Å². The summed E-state index contributed by atoms with van der Waals surface area (Å²) in [6.45, 7) is 4.02. The Morgan fingerprint density at radius 3 is 2.52 bits per heavy atom. The summed E-state index contributed by atoms with van der Waals surface area (Å²) in [7, 11) is 0. The fraction of sp³-hybridized carbons (Fsp3) is 0.167. The zero-order valence-corrected chi connectivity index (χ0v) is 13.0. The van der Waals surface area contributed by atoms with Gasteiger partial charge >= 0.3 is 5.97 Å². The van der Waals surface area contributed by atoms with Gasteiger partial charge < -0.3 is 5.11 Å². The average molecular weight is 307 g/mol. The first-order valence-electron chi connectivity index (χ1n) is 7.36. The first-order chi connectivity index (χ1) is 11.1. The molecule has 5 heteroatoms. The lowest BCUT2D eigenvalue weighted by molar-refractivity contribution is 0.0689. The molecule has 1 N–H and O–H groups in total. The van der Waals surface area contributed by atoms with E-state index in [2.05, 4.69) is 10.3 Å². The van der Waals surface area contributed by atoms with E-state index in [9.17, 15) is 9.90 Å². The predicted octanol–water partition coefficient (Wildman–Crippen LogP) is 3.17. The van der Waals surface area contributed by atoms with E-state index in [0.717, 1.165) is 22.4 Å². The third-order valence-corrected chi connectivity index (χ3v) is 3.98. The zero-order chi connectivity index (χ0) is 16.4. The SMILES string of the molecule is Cc1cccc(-n2nnc(C(=O)O)c2Cc2ccccc2)c1C. The van der Waals surface area contributed by atoms with E-state index in [4.69, 9.17) is 0 Å². The van der Waals surface area contributed by atoms with Crippen LogP contribution in [0.3, 0.4) is 0 Å². The fourth-order valence-corrected chi connectivity index (χ4v) is 2.57. The second-order valence-electron chi connectivity index (χ2n) is 5.48. The second-order valence-corrected chi connectivity index (χ2v) is 5.48. The van der Waals surface area contributed by atoms with Gasteiger partial charge in [-0.05, 0) is 36.6 Å². The number of aromatic carboxylic acids is 1. The van der Waals surface area contributed by atoms with Gasteiger partial charge in [0.15, 0.2) is 5.69 Å². The van der Waals surface area contributed by atoms with E-state index >= 15 is 0 Å². The van der Waals surface area contributed by atoms with Crippen LogP contribution >= 0.6 is 0 Å². The van der Waals surface area contributed by atoms with Crippen LogP contribution in [0.5, 0.6) is 0 Å². The molecule has 0 spiro atoms. The van der Waals surface area contributed by atoms with E-state index in [1.165, 1.54) is 0 Å². The number of aromatic nitrogens is 3. The van der Waals surface area contributed by atoms with Crippen LogP contribution in [0.2, 0.25) is 0 Å². The van der Waals surface area contributed by atoms with E-state index < -0.39 is 5.97 Å². The van der Waals surface area contributed by atoms with Crippen LogP contribution in [0, 0.1) is 13.8 Å². The number of rotatable bonds is 4. The maximum absolute atomic E-state index is 11.5. The largest absolute Gasteiger partial charge is 0.476 e. The molecule has 23 heavy (non-hydrogen) atoms. The molecule has 116 valence electrons. The minimum absolute atomic E-state index is 0.00485. The highest BCUT2D eigenvalue weighted by atomic mass is 16.4. The molecule has 0 bridgehead atoms. The topological polar surface area (TPSA) is 68.0 Å². The van der Waals surface area contributed by atoms with E-state index in [1.807, 2.05) is 62.4 Å². The lowest BCUT2D eigenvalue weighted by Crippen LogP contribution is -2.09. The van der Waals surface area contributed by atoms with Gasteiger partial charge in [-0.3, -0.25) is 0 Å². The zero-order valence-electron chi connectivity index (χ0n) is 13.0. The van der Waals surface area contributed by atoms with Crippen molar-refractivity contribution in [2.45, 2.75) is 20.3 Å². The molecule has 0 amide bonds. The van der Waals surface area contributed by atoms with Crippen molar-refractivity contribution in [2.24, 2.45) is 0 Å². The van der Waals surface area contributed by atoms with Crippen molar-refractivity contribution in [1.82, 2.24) is 15.0 Å². The quantitative estimate of drug-likeness (QED) is 0.804. The van der Waals surface area contributed by atoms with E-state index in [-0.39, 0.29) is 5.69 Å². The van der Waals surface area contributed by atoms with Crippen LogP contribution in [-0.4, -0.2) is 26.1 Å². The molecule has 0 aliphatic heterocycles. The summed E-state index contributed by atoms with van der Waals surface area (Å²) >= 11 is 0. The molecule has 0 saturated heterocycles. The molecule has 0 atom stereocenters. The number of nitrogens with zero attached hydrogens (tertiary/aromatic N) is 3. The summed E-state index contributed by atoms with van der Waals surface area (Å²) in [5.41, 5.74) is 4.64. The van der Waals surface area contributed by atoms with Crippen molar-refractivity contribution in [3.63, 3.8) is 0 Å². The van der Waals surface area contributed by atoms with Crippen LogP contribution in [0.1, 0.15) is 32.9 Å². The van der Waals surface area contributed by atoms with Crippen LogP contribution < -0.4 is 0 Å². The Morgan fingerprint density at radius 1 is 1.09 bits per heavy atom. The molecule has 0 aliphatic rings. The molecular formula is C18H17N3O2. The maximum atomic E-state index is 11.5. The Bertz CT molecular complexity index is 854. The molecule has 0 aliphatic carbocycles. The van der Waals surface area contributed by atoms with Gasteiger partial charge in [0, 0.05) is 6.42 Å². The number of aryl methyl sites for hydroxylation is 1. The average Bonchev–Trinajstić information content (AvgIpc) is 2.95. The first kappa shape index (κ1) is 15.0. The lowest BCUT2D eigenvalue weighted by atomic mass is 10.1. The smallest absolute Gasteiger partial charge is 0.358 e. The molecule has 0 saturated carbocycles. The number of hydrogen-bond donors (Lipinski definition) is 1. The summed E-state index contributed by atoms with van der Waals surface area (Å²) in [6, 6.07) is 15.6. The Balaban J connectivity index is 2.14. The second kappa shape index (κ2) is 6.04. The van der Waals surface area contributed by atoms with Gasteiger partial charge in [-0.15, -0.1) is 5.10 Å². The normalized spacial score (nSPS) is 10.7. The molecule has 1 heterocycles. The summed E-state index contributed by atoms with van der Waals surface area (Å²) < 4.78 is 1.64. The van der Waals surface area contributed by atoms with Gasteiger partial charge in [-0.25, -0.2) is 9.48 Å². The van der Waals surface area contributed by atoms with Crippen molar-refractivity contribution in [3.05, 3.63) is 76.6 Å². The number of carboxylic acids is 1. The lowest BCUT2D eigenvalue weighted by Gasteiger charge is -2.11. The first-order valence-corrected chi connectivity index (χ1v) is 7.36. The highest BCUT2D eigenvalue weighted by Crippen LogP contribution is 2.21.